The summed E-state index contributed by atoms with van der Waals surface area (Å²) in [5, 5.41) is 2.14. The molecule has 3 nitrogen and oxygen atoms in total. The molecule has 1 heterocycles. The fraction of sp³-hybridized carbons (Fsp3) is 0.353. The topological polar surface area (TPSA) is 52.3 Å². The molecule has 0 bridgehead atoms. The summed E-state index contributed by atoms with van der Waals surface area (Å²) in [6.07, 6.45) is 2.52. The maximum Gasteiger partial charge on any atom is 0.165 e. The maximum atomic E-state index is 12.5. The highest BCUT2D eigenvalue weighted by molar-refractivity contribution is 6.05. The fourth-order valence-electron chi connectivity index (χ4n) is 2.82. The van der Waals surface area contributed by atoms with Crippen LogP contribution in [0.15, 0.2) is 36.4 Å². The Morgan fingerprint density at radius 2 is 1.80 bits per heavy atom. The van der Waals surface area contributed by atoms with Crippen molar-refractivity contribution in [2.45, 2.75) is 19.3 Å². The first kappa shape index (κ1) is 13.1. The molecule has 0 amide bonds. The Morgan fingerprint density at radius 1 is 1.15 bits per heavy atom. The Morgan fingerprint density at radius 3 is 2.50 bits per heavy atom. The van der Waals surface area contributed by atoms with Crippen LogP contribution in [0.3, 0.4) is 0 Å². The number of ether oxygens (including phenoxy) is 1. The predicted octanol–water partition coefficient (Wildman–Crippen LogP) is 3.42. The molecule has 0 unspecified atom stereocenters. The predicted molar refractivity (Wildman–Crippen MR) is 80.9 cm³/mol. The first-order valence-corrected chi connectivity index (χ1v) is 7.13. The van der Waals surface area contributed by atoms with E-state index in [4.69, 9.17) is 10.5 Å². The molecule has 20 heavy (non-hydrogen) atoms. The van der Waals surface area contributed by atoms with Gasteiger partial charge in [-0.05, 0) is 41.7 Å². The van der Waals surface area contributed by atoms with Crippen LogP contribution in [0.1, 0.15) is 29.6 Å². The van der Waals surface area contributed by atoms with Crippen molar-refractivity contribution in [1.29, 1.82) is 0 Å². The molecular formula is C17H19NO2. The molecule has 104 valence electrons. The van der Waals surface area contributed by atoms with E-state index in [0.717, 1.165) is 36.8 Å². The van der Waals surface area contributed by atoms with E-state index in [-0.39, 0.29) is 5.78 Å². The van der Waals surface area contributed by atoms with Crippen LogP contribution in [0.5, 0.6) is 0 Å². The van der Waals surface area contributed by atoms with E-state index in [2.05, 4.69) is 0 Å². The highest BCUT2D eigenvalue weighted by Crippen LogP contribution is 2.26. The molecule has 0 aliphatic carbocycles. The Balaban J connectivity index is 1.84. The van der Waals surface area contributed by atoms with E-state index < -0.39 is 0 Å². The summed E-state index contributed by atoms with van der Waals surface area (Å²) in [5.74, 6) is 0.585. The second kappa shape index (κ2) is 5.63. The average Bonchev–Trinajstić information content (AvgIpc) is 2.47. The molecule has 0 saturated carbocycles. The second-order valence-corrected chi connectivity index (χ2v) is 5.47. The van der Waals surface area contributed by atoms with Gasteiger partial charge in [0.2, 0.25) is 0 Å². The van der Waals surface area contributed by atoms with Gasteiger partial charge in [-0.25, -0.2) is 0 Å². The van der Waals surface area contributed by atoms with Gasteiger partial charge in [0.25, 0.3) is 0 Å². The number of fused-ring (bicyclic) bond motifs is 1. The number of hydrogen-bond donors (Lipinski definition) is 1. The molecule has 0 atom stereocenters. The molecule has 1 fully saturated rings. The molecule has 3 rings (SSSR count). The van der Waals surface area contributed by atoms with Crippen LogP contribution >= 0.6 is 0 Å². The zero-order valence-electron chi connectivity index (χ0n) is 11.5. The van der Waals surface area contributed by atoms with Crippen LogP contribution < -0.4 is 5.73 Å². The van der Waals surface area contributed by atoms with Crippen LogP contribution in [0.2, 0.25) is 0 Å². The largest absolute Gasteiger partial charge is 0.398 e. The summed E-state index contributed by atoms with van der Waals surface area (Å²) in [7, 11) is 0. The average molecular weight is 269 g/mol. The number of carbonyl (C=O) groups is 1. The third-order valence-corrected chi connectivity index (χ3v) is 4.03. The van der Waals surface area contributed by atoms with Gasteiger partial charge in [0, 0.05) is 30.9 Å². The summed E-state index contributed by atoms with van der Waals surface area (Å²) in [4.78, 5) is 12.5. The standard InChI is InChI=1S/C17H19NO2/c18-16-11-14-4-2-1-3-13(14)10-15(16)17(19)9-12-5-7-20-8-6-12/h1-4,10-12H,5-9,18H2. The van der Waals surface area contributed by atoms with Gasteiger partial charge in [-0.2, -0.15) is 0 Å². The summed E-state index contributed by atoms with van der Waals surface area (Å²) >= 11 is 0. The van der Waals surface area contributed by atoms with Crippen molar-refractivity contribution >= 4 is 22.2 Å². The number of carbonyl (C=O) groups excluding carboxylic acids is 1. The minimum absolute atomic E-state index is 0.153. The Hall–Kier alpha value is -1.87. The lowest BCUT2D eigenvalue weighted by molar-refractivity contribution is 0.0601. The van der Waals surface area contributed by atoms with Crippen LogP contribution in [-0.4, -0.2) is 19.0 Å². The number of anilines is 1. The van der Waals surface area contributed by atoms with Crippen molar-refractivity contribution in [3.63, 3.8) is 0 Å². The number of rotatable bonds is 3. The van der Waals surface area contributed by atoms with Crippen LogP contribution in [0, 0.1) is 5.92 Å². The van der Waals surface area contributed by atoms with Crippen LogP contribution in [-0.2, 0) is 4.74 Å². The SMILES string of the molecule is Nc1cc2ccccc2cc1C(=O)CC1CCOCC1. The molecule has 3 heteroatoms. The lowest BCUT2D eigenvalue weighted by atomic mass is 9.91. The number of nitrogens with two attached hydrogens (primary N) is 1. The Bertz CT molecular complexity index is 630. The van der Waals surface area contributed by atoms with E-state index in [9.17, 15) is 4.79 Å². The zero-order chi connectivity index (χ0) is 13.9. The minimum Gasteiger partial charge on any atom is -0.398 e. The molecule has 0 aromatic heterocycles. The molecule has 0 spiro atoms. The first-order chi connectivity index (χ1) is 9.74. The van der Waals surface area contributed by atoms with Gasteiger partial charge in [0.1, 0.15) is 0 Å². The zero-order valence-corrected chi connectivity index (χ0v) is 11.5. The second-order valence-electron chi connectivity index (χ2n) is 5.47. The highest BCUT2D eigenvalue weighted by Gasteiger charge is 2.19. The van der Waals surface area contributed by atoms with E-state index >= 15 is 0 Å². The molecule has 1 aliphatic heterocycles. The monoisotopic (exact) mass is 269 g/mol. The van der Waals surface area contributed by atoms with Crippen molar-refractivity contribution in [2.75, 3.05) is 18.9 Å². The molecule has 0 radical (unpaired) electrons. The number of ketones is 1. The smallest absolute Gasteiger partial charge is 0.165 e. The van der Waals surface area contributed by atoms with Gasteiger partial charge in [-0.1, -0.05) is 24.3 Å². The third kappa shape index (κ3) is 2.68. The highest BCUT2D eigenvalue weighted by atomic mass is 16.5. The third-order valence-electron chi connectivity index (χ3n) is 4.03. The van der Waals surface area contributed by atoms with E-state index in [1.807, 2.05) is 36.4 Å². The number of benzene rings is 2. The van der Waals surface area contributed by atoms with Gasteiger partial charge < -0.3 is 10.5 Å². The molecule has 1 saturated heterocycles. The molecule has 1 aliphatic rings. The molecule has 2 aromatic carbocycles. The first-order valence-electron chi connectivity index (χ1n) is 7.13. The fourth-order valence-corrected chi connectivity index (χ4v) is 2.82. The van der Waals surface area contributed by atoms with Crippen molar-refractivity contribution < 1.29 is 9.53 Å². The quantitative estimate of drug-likeness (QED) is 0.686. The summed E-state index contributed by atoms with van der Waals surface area (Å²) < 4.78 is 5.33. The lowest BCUT2D eigenvalue weighted by Crippen LogP contribution is -2.19. The molecular weight excluding hydrogens is 250 g/mol. The van der Waals surface area contributed by atoms with E-state index in [0.29, 0.717) is 23.6 Å². The van der Waals surface area contributed by atoms with Crippen molar-refractivity contribution in [2.24, 2.45) is 5.92 Å². The molecule has 2 N–H and O–H groups in total. The number of Topliss-reactive ketones (excluding diaryl/α,β-unsaturated/α-hetero) is 1. The van der Waals surface area contributed by atoms with Gasteiger partial charge >= 0.3 is 0 Å². The van der Waals surface area contributed by atoms with E-state index in [1.54, 1.807) is 0 Å². The van der Waals surface area contributed by atoms with Crippen molar-refractivity contribution in [3.8, 4) is 0 Å². The summed E-state index contributed by atoms with van der Waals surface area (Å²) in [5.41, 5.74) is 7.29. The number of nitrogen functional groups attached to an aromatic ring is 1. The summed E-state index contributed by atoms with van der Waals surface area (Å²) in [6, 6.07) is 11.8. The lowest BCUT2D eigenvalue weighted by Gasteiger charge is -2.21. The number of hydrogen-bond acceptors (Lipinski definition) is 3. The van der Waals surface area contributed by atoms with Gasteiger partial charge in [-0.15, -0.1) is 0 Å². The summed E-state index contributed by atoms with van der Waals surface area (Å²) in [6.45, 7) is 1.54. The van der Waals surface area contributed by atoms with Gasteiger partial charge in [0.15, 0.2) is 5.78 Å². The maximum absolute atomic E-state index is 12.5. The molecule has 2 aromatic rings. The van der Waals surface area contributed by atoms with Crippen LogP contribution in [0.4, 0.5) is 5.69 Å². The Kier molecular flexibility index (Phi) is 3.70. The van der Waals surface area contributed by atoms with Gasteiger partial charge in [-0.3, -0.25) is 4.79 Å². The van der Waals surface area contributed by atoms with Gasteiger partial charge in [0.05, 0.1) is 0 Å². The minimum atomic E-state index is 0.153. The van der Waals surface area contributed by atoms with Crippen molar-refractivity contribution in [3.05, 3.63) is 42.0 Å². The Labute approximate surface area is 118 Å². The normalized spacial score (nSPS) is 16.4. The van der Waals surface area contributed by atoms with Crippen molar-refractivity contribution in [1.82, 2.24) is 0 Å². The van der Waals surface area contributed by atoms with E-state index in [1.165, 1.54) is 0 Å². The van der Waals surface area contributed by atoms with Crippen LogP contribution in [0.25, 0.3) is 10.8 Å².